The predicted octanol–water partition coefficient (Wildman–Crippen LogP) is 2.92. The van der Waals surface area contributed by atoms with Gasteiger partial charge in [0.25, 0.3) is 5.89 Å². The highest BCUT2D eigenvalue weighted by atomic mass is 32.1. The van der Waals surface area contributed by atoms with Gasteiger partial charge in [0.05, 0.1) is 12.5 Å². The maximum absolute atomic E-state index is 12.1. The number of aryl methyl sites for hydroxylation is 1. The first kappa shape index (κ1) is 15.4. The van der Waals surface area contributed by atoms with Crippen LogP contribution in [0.2, 0.25) is 0 Å². The van der Waals surface area contributed by atoms with E-state index >= 15 is 0 Å². The van der Waals surface area contributed by atoms with Gasteiger partial charge in [-0.15, -0.1) is 0 Å². The Bertz CT molecular complexity index is 797. The topological polar surface area (TPSA) is 80.9 Å². The van der Waals surface area contributed by atoms with E-state index in [1.807, 2.05) is 50.2 Å². The second-order valence-electron chi connectivity index (χ2n) is 5.22. The Morgan fingerprint density at radius 1 is 1.35 bits per heavy atom. The molecule has 118 valence electrons. The maximum atomic E-state index is 12.1. The van der Waals surface area contributed by atoms with Gasteiger partial charge in [0.1, 0.15) is 5.69 Å². The molecule has 0 fully saturated rings. The van der Waals surface area contributed by atoms with E-state index in [-0.39, 0.29) is 18.4 Å². The molecule has 0 aliphatic rings. The Hall–Kier alpha value is -2.54. The van der Waals surface area contributed by atoms with E-state index in [9.17, 15) is 4.79 Å². The molecule has 0 aliphatic carbocycles. The monoisotopic (exact) mass is 328 g/mol. The molecule has 1 amide bonds. The van der Waals surface area contributed by atoms with Gasteiger partial charge < -0.3 is 9.84 Å². The van der Waals surface area contributed by atoms with Crippen LogP contribution in [0.4, 0.5) is 0 Å². The first-order valence-corrected chi connectivity index (χ1v) is 8.00. The summed E-state index contributed by atoms with van der Waals surface area (Å²) >= 11 is 1.37. The first-order valence-electron chi connectivity index (χ1n) is 7.22. The smallest absolute Gasteiger partial charge is 0.277 e. The van der Waals surface area contributed by atoms with Crippen molar-refractivity contribution in [2.45, 2.75) is 26.3 Å². The van der Waals surface area contributed by atoms with Gasteiger partial charge in [0.2, 0.25) is 5.91 Å². The molecular weight excluding hydrogens is 312 g/mol. The molecule has 1 unspecified atom stereocenters. The van der Waals surface area contributed by atoms with Crippen molar-refractivity contribution in [1.82, 2.24) is 19.8 Å². The SMILES string of the molecule is Cc1cc(-c2nc(CC(=O)NC(C)c3ccccc3)no2)ns1. The Morgan fingerprint density at radius 3 is 2.83 bits per heavy atom. The summed E-state index contributed by atoms with van der Waals surface area (Å²) in [5.41, 5.74) is 1.69. The molecule has 0 aliphatic heterocycles. The quantitative estimate of drug-likeness (QED) is 0.779. The van der Waals surface area contributed by atoms with Crippen molar-refractivity contribution >= 4 is 17.4 Å². The molecule has 1 atom stereocenters. The molecule has 0 saturated heterocycles. The molecule has 2 aromatic heterocycles. The Balaban J connectivity index is 1.61. The van der Waals surface area contributed by atoms with Crippen molar-refractivity contribution in [3.8, 4) is 11.6 Å². The molecule has 7 heteroatoms. The maximum Gasteiger partial charge on any atom is 0.277 e. The van der Waals surface area contributed by atoms with Crippen LogP contribution in [0.25, 0.3) is 11.6 Å². The predicted molar refractivity (Wildman–Crippen MR) is 86.8 cm³/mol. The van der Waals surface area contributed by atoms with Crippen molar-refractivity contribution in [1.29, 1.82) is 0 Å². The number of nitrogens with one attached hydrogen (secondary N) is 1. The zero-order chi connectivity index (χ0) is 16.2. The summed E-state index contributed by atoms with van der Waals surface area (Å²) in [6, 6.07) is 11.6. The lowest BCUT2D eigenvalue weighted by atomic mass is 10.1. The molecule has 0 saturated carbocycles. The fourth-order valence-corrected chi connectivity index (χ4v) is 2.70. The molecule has 0 bridgehead atoms. The summed E-state index contributed by atoms with van der Waals surface area (Å²) in [5, 5.41) is 6.76. The van der Waals surface area contributed by atoms with Gasteiger partial charge >= 0.3 is 0 Å². The molecule has 0 spiro atoms. The summed E-state index contributed by atoms with van der Waals surface area (Å²) < 4.78 is 9.37. The highest BCUT2D eigenvalue weighted by molar-refractivity contribution is 7.05. The van der Waals surface area contributed by atoms with Crippen LogP contribution in [0.3, 0.4) is 0 Å². The number of amides is 1. The third-order valence-corrected chi connectivity index (χ3v) is 4.00. The van der Waals surface area contributed by atoms with Gasteiger partial charge in [0.15, 0.2) is 5.82 Å². The summed E-state index contributed by atoms with van der Waals surface area (Å²) in [4.78, 5) is 17.4. The number of nitrogens with zero attached hydrogens (tertiary/aromatic N) is 3. The van der Waals surface area contributed by atoms with Crippen LogP contribution in [-0.4, -0.2) is 20.4 Å². The minimum atomic E-state index is -0.150. The minimum absolute atomic E-state index is 0.0729. The van der Waals surface area contributed by atoms with Crippen LogP contribution < -0.4 is 5.32 Å². The average molecular weight is 328 g/mol. The summed E-state index contributed by atoms with van der Waals surface area (Å²) in [6.45, 7) is 3.89. The lowest BCUT2D eigenvalue weighted by Gasteiger charge is -2.13. The molecule has 3 aromatic rings. The second-order valence-corrected chi connectivity index (χ2v) is 6.22. The van der Waals surface area contributed by atoms with Gasteiger partial charge in [-0.1, -0.05) is 35.5 Å². The molecule has 3 rings (SSSR count). The number of hydrogen-bond donors (Lipinski definition) is 1. The lowest BCUT2D eigenvalue weighted by Crippen LogP contribution is -2.28. The number of rotatable bonds is 5. The first-order chi connectivity index (χ1) is 11.1. The molecule has 23 heavy (non-hydrogen) atoms. The van der Waals surface area contributed by atoms with Crippen LogP contribution in [0.15, 0.2) is 40.9 Å². The number of carbonyl (C=O) groups excluding carboxylic acids is 1. The molecule has 6 nitrogen and oxygen atoms in total. The van der Waals surface area contributed by atoms with Gasteiger partial charge in [-0.05, 0) is 37.0 Å². The molecule has 0 radical (unpaired) electrons. The average Bonchev–Trinajstić information content (AvgIpc) is 3.17. The number of aromatic nitrogens is 3. The van der Waals surface area contributed by atoms with Crippen LogP contribution in [0.1, 0.15) is 29.2 Å². The van der Waals surface area contributed by atoms with E-state index in [2.05, 4.69) is 19.8 Å². The summed E-state index contributed by atoms with van der Waals surface area (Å²) in [5.74, 6) is 0.542. The zero-order valence-corrected chi connectivity index (χ0v) is 13.6. The molecular formula is C16H16N4O2S. The fourth-order valence-electron chi connectivity index (χ4n) is 2.16. The fraction of sp³-hybridized carbons (Fsp3) is 0.250. The van der Waals surface area contributed by atoms with Crippen molar-refractivity contribution in [3.63, 3.8) is 0 Å². The van der Waals surface area contributed by atoms with Crippen LogP contribution in [-0.2, 0) is 11.2 Å². The lowest BCUT2D eigenvalue weighted by molar-refractivity contribution is -0.121. The van der Waals surface area contributed by atoms with Gasteiger partial charge in [-0.2, -0.15) is 9.36 Å². The highest BCUT2D eigenvalue weighted by Gasteiger charge is 2.16. The number of hydrogen-bond acceptors (Lipinski definition) is 6. The molecule has 1 N–H and O–H groups in total. The zero-order valence-electron chi connectivity index (χ0n) is 12.8. The standard InChI is InChI=1S/C16H16N4O2S/c1-10-8-13(20-23-10)16-18-14(19-22-16)9-15(21)17-11(2)12-6-4-3-5-7-12/h3-8,11H,9H2,1-2H3,(H,17,21). The van der Waals surface area contributed by atoms with Crippen molar-refractivity contribution in [2.24, 2.45) is 0 Å². The largest absolute Gasteiger partial charge is 0.349 e. The summed E-state index contributed by atoms with van der Waals surface area (Å²) in [6.07, 6.45) is 0.0732. The highest BCUT2D eigenvalue weighted by Crippen LogP contribution is 2.19. The third kappa shape index (κ3) is 3.81. The Kier molecular flexibility index (Phi) is 4.47. The Morgan fingerprint density at radius 2 is 2.13 bits per heavy atom. The normalized spacial score (nSPS) is 12.1. The number of carbonyl (C=O) groups is 1. The van der Waals surface area contributed by atoms with Gasteiger partial charge in [-0.3, -0.25) is 4.79 Å². The minimum Gasteiger partial charge on any atom is -0.349 e. The number of benzene rings is 1. The van der Waals surface area contributed by atoms with Crippen LogP contribution >= 0.6 is 11.5 Å². The molecule has 1 aromatic carbocycles. The van der Waals surface area contributed by atoms with E-state index in [1.165, 1.54) is 11.5 Å². The van der Waals surface area contributed by atoms with Crippen molar-refractivity contribution < 1.29 is 9.32 Å². The van der Waals surface area contributed by atoms with Crippen molar-refractivity contribution in [3.05, 3.63) is 52.7 Å². The van der Waals surface area contributed by atoms with Gasteiger partial charge in [0, 0.05) is 4.88 Å². The second kappa shape index (κ2) is 6.70. The van der Waals surface area contributed by atoms with Crippen LogP contribution in [0.5, 0.6) is 0 Å². The van der Waals surface area contributed by atoms with E-state index in [0.717, 1.165) is 10.4 Å². The van der Waals surface area contributed by atoms with E-state index in [0.29, 0.717) is 17.4 Å². The Labute approximate surface area is 137 Å². The third-order valence-electron chi connectivity index (χ3n) is 3.31. The van der Waals surface area contributed by atoms with Crippen LogP contribution in [0, 0.1) is 6.92 Å². The van der Waals surface area contributed by atoms with E-state index < -0.39 is 0 Å². The van der Waals surface area contributed by atoms with Crippen molar-refractivity contribution in [2.75, 3.05) is 0 Å². The van der Waals surface area contributed by atoms with Gasteiger partial charge in [-0.25, -0.2) is 0 Å². The summed E-state index contributed by atoms with van der Waals surface area (Å²) in [7, 11) is 0. The molecule has 2 heterocycles. The van der Waals surface area contributed by atoms with E-state index in [4.69, 9.17) is 4.52 Å². The van der Waals surface area contributed by atoms with E-state index in [1.54, 1.807) is 0 Å².